The molecule has 5 rings (SSSR count). The molecule has 0 bridgehead atoms. The number of alkyl halides is 3. The van der Waals surface area contributed by atoms with Gasteiger partial charge in [0.25, 0.3) is 0 Å². The number of benzene rings is 1. The molecule has 0 amide bonds. The van der Waals surface area contributed by atoms with Crippen LogP contribution in [0.2, 0.25) is 0 Å². The highest BCUT2D eigenvalue weighted by Crippen LogP contribution is 2.39. The second-order valence-corrected chi connectivity index (χ2v) is 8.31. The van der Waals surface area contributed by atoms with Gasteiger partial charge >= 0.3 is 6.18 Å². The Hall–Kier alpha value is -3.31. The molecule has 0 spiro atoms. The van der Waals surface area contributed by atoms with E-state index in [-0.39, 0.29) is 36.3 Å². The number of fused-ring (bicyclic) bond motifs is 2. The number of rotatable bonds is 5. The lowest BCUT2D eigenvalue weighted by Crippen LogP contribution is -2.38. The molecule has 3 aromatic heterocycles. The zero-order chi connectivity index (χ0) is 24.0. The number of nitrogens with two attached hydrogens (primary N) is 1. The summed E-state index contributed by atoms with van der Waals surface area (Å²) in [5.41, 5.74) is 7.17. The summed E-state index contributed by atoms with van der Waals surface area (Å²) >= 11 is 0. The predicted octanol–water partition coefficient (Wildman–Crippen LogP) is 4.12. The Kier molecular flexibility index (Phi) is 5.61. The summed E-state index contributed by atoms with van der Waals surface area (Å²) in [4.78, 5) is 5.90. The van der Waals surface area contributed by atoms with Gasteiger partial charge in [0.15, 0.2) is 23.0 Å². The molecule has 0 unspecified atom stereocenters. The number of nitrogens with zero attached hydrogens (tertiary/aromatic N) is 5. The average molecular weight is 474 g/mol. The van der Waals surface area contributed by atoms with E-state index in [4.69, 9.17) is 10.5 Å². The van der Waals surface area contributed by atoms with E-state index >= 15 is 0 Å². The highest BCUT2D eigenvalue weighted by molar-refractivity contribution is 5.82. The van der Waals surface area contributed by atoms with Crippen molar-refractivity contribution in [2.75, 3.05) is 19.7 Å². The fourth-order valence-electron chi connectivity index (χ4n) is 4.42. The summed E-state index contributed by atoms with van der Waals surface area (Å²) in [6.45, 7) is 2.48. The standard InChI is InChI=1S/C23H22F4N6O/c1-2-34-19-10-18-13(9-16(19)24)3-5-17(29-18)22-31-30-20-6-4-14(11-33(20)22)21(23(25,26)27)32-8-7-15(28)12-32/h3-6,9-11,15,21H,2,7-8,12,28H2,1H3/t15-,21+/m0/s1. The lowest BCUT2D eigenvalue weighted by molar-refractivity contribution is -0.183. The highest BCUT2D eigenvalue weighted by Gasteiger charge is 2.46. The number of aromatic nitrogens is 4. The fraction of sp³-hybridized carbons (Fsp3) is 0.348. The van der Waals surface area contributed by atoms with Gasteiger partial charge in [-0.25, -0.2) is 9.37 Å². The third kappa shape index (κ3) is 4.05. The number of likely N-dealkylation sites (tertiary alicyclic amines) is 1. The van der Waals surface area contributed by atoms with Crippen LogP contribution in [-0.2, 0) is 0 Å². The van der Waals surface area contributed by atoms with Crippen LogP contribution in [0.25, 0.3) is 28.1 Å². The van der Waals surface area contributed by atoms with Crippen molar-refractivity contribution in [3.05, 3.63) is 54.0 Å². The Balaban J connectivity index is 1.59. The molecule has 1 aliphatic heterocycles. The minimum absolute atomic E-state index is 0.0663. The van der Waals surface area contributed by atoms with Crippen molar-refractivity contribution in [2.24, 2.45) is 5.73 Å². The molecule has 1 fully saturated rings. The Labute approximate surface area is 192 Å². The number of ether oxygens (including phenoxy) is 1. The third-order valence-electron chi connectivity index (χ3n) is 5.94. The molecule has 2 atom stereocenters. The van der Waals surface area contributed by atoms with Crippen molar-refractivity contribution in [3.8, 4) is 17.3 Å². The second kappa shape index (κ2) is 8.48. The van der Waals surface area contributed by atoms with E-state index in [1.165, 1.54) is 39.8 Å². The van der Waals surface area contributed by atoms with Gasteiger partial charge in [0.2, 0.25) is 0 Å². The number of halogens is 4. The van der Waals surface area contributed by atoms with Gasteiger partial charge < -0.3 is 10.5 Å². The van der Waals surface area contributed by atoms with Crippen molar-refractivity contribution >= 4 is 16.6 Å². The van der Waals surface area contributed by atoms with E-state index in [2.05, 4.69) is 15.2 Å². The van der Waals surface area contributed by atoms with Crippen LogP contribution in [-0.4, -0.2) is 56.4 Å². The van der Waals surface area contributed by atoms with E-state index in [1.807, 2.05) is 0 Å². The molecule has 4 aromatic rings. The van der Waals surface area contributed by atoms with Crippen molar-refractivity contribution in [2.45, 2.75) is 31.6 Å². The summed E-state index contributed by atoms with van der Waals surface area (Å²) < 4.78 is 63.2. The quantitative estimate of drug-likeness (QED) is 0.439. The average Bonchev–Trinajstić information content (AvgIpc) is 3.39. The van der Waals surface area contributed by atoms with E-state index in [9.17, 15) is 17.6 Å². The third-order valence-corrected chi connectivity index (χ3v) is 5.94. The zero-order valence-corrected chi connectivity index (χ0v) is 18.3. The minimum atomic E-state index is -4.48. The first-order chi connectivity index (χ1) is 16.2. The molecule has 178 valence electrons. The molecular weight excluding hydrogens is 452 g/mol. The van der Waals surface area contributed by atoms with E-state index in [0.29, 0.717) is 35.3 Å². The van der Waals surface area contributed by atoms with Crippen LogP contribution in [0.4, 0.5) is 17.6 Å². The SMILES string of the molecule is CCOc1cc2nc(-c3nnc4ccc([C@@H](N5CC[C@H](N)C5)C(F)(F)F)cn34)ccc2cc1F. The summed E-state index contributed by atoms with van der Waals surface area (Å²) in [7, 11) is 0. The molecule has 0 radical (unpaired) electrons. The molecular formula is C23H22F4N6O. The van der Waals surface area contributed by atoms with Gasteiger partial charge in [0.05, 0.1) is 12.1 Å². The Bertz CT molecular complexity index is 1350. The van der Waals surface area contributed by atoms with Gasteiger partial charge in [-0.05, 0) is 37.1 Å². The van der Waals surface area contributed by atoms with Crippen molar-refractivity contribution < 1.29 is 22.3 Å². The van der Waals surface area contributed by atoms with Gasteiger partial charge in [-0.2, -0.15) is 13.2 Å². The van der Waals surface area contributed by atoms with Crippen LogP contribution in [0.15, 0.2) is 42.6 Å². The molecule has 1 aromatic carbocycles. The maximum atomic E-state index is 14.2. The molecule has 11 heteroatoms. The summed E-state index contributed by atoms with van der Waals surface area (Å²) in [6, 6.07) is 6.96. The zero-order valence-electron chi connectivity index (χ0n) is 18.3. The predicted molar refractivity (Wildman–Crippen MR) is 118 cm³/mol. The van der Waals surface area contributed by atoms with Gasteiger partial charge in [-0.3, -0.25) is 9.30 Å². The Morgan fingerprint density at radius 1 is 1.18 bits per heavy atom. The van der Waals surface area contributed by atoms with Gasteiger partial charge in [-0.15, -0.1) is 10.2 Å². The Morgan fingerprint density at radius 3 is 2.71 bits per heavy atom. The van der Waals surface area contributed by atoms with Crippen LogP contribution in [0.1, 0.15) is 24.9 Å². The van der Waals surface area contributed by atoms with Gasteiger partial charge in [0.1, 0.15) is 11.7 Å². The summed E-state index contributed by atoms with van der Waals surface area (Å²) in [6.07, 6.45) is -2.57. The molecule has 1 aliphatic rings. The topological polar surface area (TPSA) is 81.6 Å². The number of hydrogen-bond acceptors (Lipinski definition) is 6. The first-order valence-electron chi connectivity index (χ1n) is 10.9. The summed E-state index contributed by atoms with van der Waals surface area (Å²) in [5.74, 6) is -0.147. The highest BCUT2D eigenvalue weighted by atomic mass is 19.4. The number of hydrogen-bond donors (Lipinski definition) is 1. The van der Waals surface area contributed by atoms with E-state index < -0.39 is 18.0 Å². The second-order valence-electron chi connectivity index (χ2n) is 8.31. The van der Waals surface area contributed by atoms with Crippen molar-refractivity contribution in [3.63, 3.8) is 0 Å². The van der Waals surface area contributed by atoms with E-state index in [0.717, 1.165) is 0 Å². The lowest BCUT2D eigenvalue weighted by Gasteiger charge is -2.30. The van der Waals surface area contributed by atoms with Gasteiger partial charge in [-0.1, -0.05) is 12.1 Å². The maximum absolute atomic E-state index is 14.2. The smallest absolute Gasteiger partial charge is 0.408 e. The Morgan fingerprint density at radius 2 is 2.00 bits per heavy atom. The first kappa shape index (κ1) is 22.5. The van der Waals surface area contributed by atoms with Gasteiger partial charge in [0, 0.05) is 36.8 Å². The van der Waals surface area contributed by atoms with Crippen LogP contribution in [0.3, 0.4) is 0 Å². The molecule has 1 saturated heterocycles. The van der Waals surface area contributed by atoms with Crippen LogP contribution in [0, 0.1) is 5.82 Å². The van der Waals surface area contributed by atoms with Crippen molar-refractivity contribution in [1.82, 2.24) is 24.5 Å². The van der Waals surface area contributed by atoms with Crippen LogP contribution in [0.5, 0.6) is 5.75 Å². The minimum Gasteiger partial charge on any atom is -0.491 e. The molecule has 7 nitrogen and oxygen atoms in total. The van der Waals surface area contributed by atoms with E-state index in [1.54, 1.807) is 19.1 Å². The fourth-order valence-corrected chi connectivity index (χ4v) is 4.42. The molecule has 0 saturated carbocycles. The molecule has 4 heterocycles. The largest absolute Gasteiger partial charge is 0.491 e. The molecule has 0 aliphatic carbocycles. The normalized spacial score (nSPS) is 18.1. The summed E-state index contributed by atoms with van der Waals surface area (Å²) in [5, 5.41) is 8.79. The lowest BCUT2D eigenvalue weighted by atomic mass is 10.1. The number of pyridine rings is 2. The monoisotopic (exact) mass is 474 g/mol. The van der Waals surface area contributed by atoms with Crippen LogP contribution < -0.4 is 10.5 Å². The first-order valence-corrected chi connectivity index (χ1v) is 10.9. The molecule has 2 N–H and O–H groups in total. The van der Waals surface area contributed by atoms with Crippen LogP contribution >= 0.6 is 0 Å². The maximum Gasteiger partial charge on any atom is 0.408 e. The van der Waals surface area contributed by atoms with Crippen molar-refractivity contribution in [1.29, 1.82) is 0 Å². The molecule has 34 heavy (non-hydrogen) atoms.